The van der Waals surface area contributed by atoms with Gasteiger partial charge < -0.3 is 5.11 Å². The van der Waals surface area contributed by atoms with Gasteiger partial charge in [0.1, 0.15) is 11.7 Å². The van der Waals surface area contributed by atoms with Gasteiger partial charge in [0.05, 0.1) is 0 Å². The minimum atomic E-state index is -1.05. The maximum atomic E-state index is 13.1. The standard InChI is InChI=1S/C20H26O4/c1-19-7-3-4-14(19)12-6-5-11-8-15(21)13(18(23)24)9-20(11,2)17(12)16(22)10-19/h8,12-14,17H,3-7,9-10H2,1-2H3,(H,23,24)/t12-,13?,14-,17-,19-,20-/m0/s1. The second kappa shape index (κ2) is 5.03. The van der Waals surface area contributed by atoms with Crippen molar-refractivity contribution in [1.29, 1.82) is 0 Å². The highest BCUT2D eigenvalue weighted by Crippen LogP contribution is 2.64. The zero-order valence-electron chi connectivity index (χ0n) is 14.5. The van der Waals surface area contributed by atoms with Crippen molar-refractivity contribution >= 4 is 17.5 Å². The van der Waals surface area contributed by atoms with Crippen molar-refractivity contribution < 1.29 is 19.5 Å². The van der Waals surface area contributed by atoms with E-state index in [1.54, 1.807) is 6.08 Å². The fourth-order valence-electron chi connectivity index (χ4n) is 6.69. The number of carbonyl (C=O) groups excluding carboxylic acids is 2. The Kier molecular flexibility index (Phi) is 3.36. The van der Waals surface area contributed by atoms with Gasteiger partial charge in [-0.3, -0.25) is 14.4 Å². The third-order valence-electron chi connectivity index (χ3n) is 7.78. The van der Waals surface area contributed by atoms with Crippen LogP contribution in [0.2, 0.25) is 0 Å². The molecule has 4 nitrogen and oxygen atoms in total. The van der Waals surface area contributed by atoms with E-state index in [2.05, 4.69) is 6.92 Å². The molecule has 0 bridgehead atoms. The summed E-state index contributed by atoms with van der Waals surface area (Å²) in [7, 11) is 0. The molecule has 3 saturated carbocycles. The largest absolute Gasteiger partial charge is 0.481 e. The summed E-state index contributed by atoms with van der Waals surface area (Å²) in [4.78, 5) is 36.8. The second-order valence-electron chi connectivity index (χ2n) is 9.06. The molecule has 4 rings (SSSR count). The lowest BCUT2D eigenvalue weighted by molar-refractivity contribution is -0.153. The molecule has 4 heteroatoms. The molecule has 0 spiro atoms. The van der Waals surface area contributed by atoms with E-state index in [1.807, 2.05) is 6.92 Å². The SMILES string of the molecule is C[C@@]12CCC[C@H]1[C@@H]1CCC3=CC(=O)C(C(=O)O)C[C@]3(C)[C@@H]1C(=O)C2. The Labute approximate surface area is 142 Å². The van der Waals surface area contributed by atoms with Crippen LogP contribution >= 0.6 is 0 Å². The van der Waals surface area contributed by atoms with Crippen molar-refractivity contribution in [2.45, 2.75) is 58.8 Å². The molecule has 0 amide bonds. The molecule has 3 fully saturated rings. The summed E-state index contributed by atoms with van der Waals surface area (Å²) in [6.07, 6.45) is 7.85. The summed E-state index contributed by atoms with van der Waals surface area (Å²) in [6.45, 7) is 4.32. The average Bonchev–Trinajstić information content (AvgIpc) is 2.87. The monoisotopic (exact) mass is 330 g/mol. The van der Waals surface area contributed by atoms with Crippen LogP contribution in [0.15, 0.2) is 11.6 Å². The first-order chi connectivity index (χ1) is 11.3. The van der Waals surface area contributed by atoms with E-state index in [9.17, 15) is 19.5 Å². The molecular formula is C20H26O4. The minimum Gasteiger partial charge on any atom is -0.481 e. The Morgan fingerprint density at radius 2 is 2.00 bits per heavy atom. The molecule has 6 atom stereocenters. The van der Waals surface area contributed by atoms with Crippen LogP contribution in [0, 0.1) is 34.5 Å². The van der Waals surface area contributed by atoms with Crippen LogP contribution in [0.3, 0.4) is 0 Å². The molecule has 4 aliphatic carbocycles. The summed E-state index contributed by atoms with van der Waals surface area (Å²) in [5.74, 6) is -1.16. The highest BCUT2D eigenvalue weighted by molar-refractivity contribution is 6.06. The van der Waals surface area contributed by atoms with Crippen molar-refractivity contribution in [3.63, 3.8) is 0 Å². The van der Waals surface area contributed by atoms with E-state index in [1.165, 1.54) is 12.8 Å². The number of carbonyl (C=O) groups is 3. The number of hydrogen-bond acceptors (Lipinski definition) is 3. The molecule has 130 valence electrons. The fourth-order valence-corrected chi connectivity index (χ4v) is 6.69. The fraction of sp³-hybridized carbons (Fsp3) is 0.750. The summed E-state index contributed by atoms with van der Waals surface area (Å²) in [6, 6.07) is 0. The first kappa shape index (κ1) is 16.0. The molecule has 1 N–H and O–H groups in total. The third-order valence-corrected chi connectivity index (χ3v) is 7.78. The molecule has 0 saturated heterocycles. The third kappa shape index (κ3) is 2.01. The van der Waals surface area contributed by atoms with Gasteiger partial charge in [-0.1, -0.05) is 25.8 Å². The van der Waals surface area contributed by atoms with Gasteiger partial charge in [0, 0.05) is 17.8 Å². The lowest BCUT2D eigenvalue weighted by Gasteiger charge is -2.56. The van der Waals surface area contributed by atoms with Gasteiger partial charge in [-0.2, -0.15) is 0 Å². The number of carboxylic acid groups (broad SMARTS) is 1. The number of Topliss-reactive ketones (excluding diaryl/α,β-unsaturated/α-hetero) is 1. The molecule has 24 heavy (non-hydrogen) atoms. The van der Waals surface area contributed by atoms with Crippen LogP contribution in [-0.4, -0.2) is 22.6 Å². The molecule has 0 heterocycles. The smallest absolute Gasteiger partial charge is 0.314 e. The lowest BCUT2D eigenvalue weighted by atomic mass is 9.46. The van der Waals surface area contributed by atoms with Crippen molar-refractivity contribution in [3.8, 4) is 0 Å². The average molecular weight is 330 g/mol. The van der Waals surface area contributed by atoms with E-state index in [0.717, 1.165) is 24.8 Å². The predicted molar refractivity (Wildman–Crippen MR) is 88.2 cm³/mol. The number of fused-ring (bicyclic) bond motifs is 5. The van der Waals surface area contributed by atoms with Crippen molar-refractivity contribution in [3.05, 3.63) is 11.6 Å². The van der Waals surface area contributed by atoms with Gasteiger partial charge in [0.25, 0.3) is 0 Å². The number of carboxylic acids is 1. The number of allylic oxidation sites excluding steroid dienone is 1. The van der Waals surface area contributed by atoms with Gasteiger partial charge >= 0.3 is 5.97 Å². The van der Waals surface area contributed by atoms with Crippen molar-refractivity contribution in [1.82, 2.24) is 0 Å². The first-order valence-electron chi connectivity index (χ1n) is 9.27. The zero-order valence-corrected chi connectivity index (χ0v) is 14.5. The van der Waals surface area contributed by atoms with Crippen molar-refractivity contribution in [2.75, 3.05) is 0 Å². The molecule has 1 unspecified atom stereocenters. The molecule has 4 aliphatic rings. The Morgan fingerprint density at radius 3 is 2.71 bits per heavy atom. The molecule has 0 aromatic rings. The Hall–Kier alpha value is -1.45. The maximum Gasteiger partial charge on any atom is 0.314 e. The van der Waals surface area contributed by atoms with Gasteiger partial charge in [0.15, 0.2) is 5.78 Å². The van der Waals surface area contributed by atoms with Crippen LogP contribution < -0.4 is 0 Å². The molecule has 0 aliphatic heterocycles. The second-order valence-corrected chi connectivity index (χ2v) is 9.06. The highest BCUT2D eigenvalue weighted by atomic mass is 16.4. The minimum absolute atomic E-state index is 0.0939. The lowest BCUT2D eigenvalue weighted by Crippen LogP contribution is -2.55. The molecular weight excluding hydrogens is 304 g/mol. The van der Waals surface area contributed by atoms with Crippen LogP contribution in [0.25, 0.3) is 0 Å². The molecule has 0 aromatic heterocycles. The van der Waals surface area contributed by atoms with Crippen molar-refractivity contribution in [2.24, 2.45) is 34.5 Å². The maximum absolute atomic E-state index is 13.1. The number of hydrogen-bond donors (Lipinski definition) is 1. The van der Waals surface area contributed by atoms with Crippen LogP contribution in [0.4, 0.5) is 0 Å². The quantitative estimate of drug-likeness (QED) is 0.748. The first-order valence-corrected chi connectivity index (χ1v) is 9.27. The number of aliphatic carboxylic acids is 1. The van der Waals surface area contributed by atoms with E-state index in [-0.39, 0.29) is 17.1 Å². The number of ketones is 2. The van der Waals surface area contributed by atoms with Crippen LogP contribution in [-0.2, 0) is 14.4 Å². The van der Waals surface area contributed by atoms with Gasteiger partial charge in [-0.05, 0) is 55.4 Å². The van der Waals surface area contributed by atoms with E-state index < -0.39 is 17.3 Å². The predicted octanol–water partition coefficient (Wildman–Crippen LogP) is 3.40. The van der Waals surface area contributed by atoms with E-state index in [0.29, 0.717) is 30.5 Å². The summed E-state index contributed by atoms with van der Waals surface area (Å²) in [5.41, 5.74) is 0.731. The van der Waals surface area contributed by atoms with E-state index in [4.69, 9.17) is 0 Å². The van der Waals surface area contributed by atoms with Gasteiger partial charge in [0.2, 0.25) is 0 Å². The van der Waals surface area contributed by atoms with Gasteiger partial charge in [-0.15, -0.1) is 0 Å². The normalized spacial score (nSPS) is 47.5. The topological polar surface area (TPSA) is 71.4 Å². The molecule has 0 radical (unpaired) electrons. The summed E-state index contributed by atoms with van der Waals surface area (Å²) < 4.78 is 0. The Bertz CT molecular complexity index is 663. The molecule has 0 aromatic carbocycles. The summed E-state index contributed by atoms with van der Waals surface area (Å²) in [5, 5.41) is 9.43. The zero-order chi connectivity index (χ0) is 17.3. The van der Waals surface area contributed by atoms with Crippen LogP contribution in [0.1, 0.15) is 58.8 Å². The number of rotatable bonds is 1. The Balaban J connectivity index is 1.76. The summed E-state index contributed by atoms with van der Waals surface area (Å²) >= 11 is 0. The highest BCUT2D eigenvalue weighted by Gasteiger charge is 2.60. The van der Waals surface area contributed by atoms with Crippen LogP contribution in [0.5, 0.6) is 0 Å². The Morgan fingerprint density at radius 1 is 1.25 bits per heavy atom. The van der Waals surface area contributed by atoms with Gasteiger partial charge in [-0.25, -0.2) is 0 Å². The van der Waals surface area contributed by atoms with E-state index >= 15 is 0 Å².